The summed E-state index contributed by atoms with van der Waals surface area (Å²) < 4.78 is 1.83. The summed E-state index contributed by atoms with van der Waals surface area (Å²) in [5.74, 6) is 1.08. The third-order valence-corrected chi connectivity index (χ3v) is 7.55. The molecule has 1 aromatic carbocycles. The first-order chi connectivity index (χ1) is 15.7. The van der Waals surface area contributed by atoms with Crippen LogP contribution in [0, 0.1) is 0 Å². The Balaban J connectivity index is 1.15. The van der Waals surface area contributed by atoms with Crippen molar-refractivity contribution in [2.24, 2.45) is 0 Å². The second-order valence-corrected chi connectivity index (χ2v) is 9.69. The number of benzene rings is 1. The van der Waals surface area contributed by atoms with Crippen LogP contribution in [0.25, 0.3) is 5.52 Å². The number of nitrogens with zero attached hydrogens (tertiary/aromatic N) is 4. The molecule has 6 rings (SSSR count). The Morgan fingerprint density at radius 2 is 1.94 bits per heavy atom. The first kappa shape index (κ1) is 19.7. The van der Waals surface area contributed by atoms with E-state index in [9.17, 15) is 4.79 Å². The van der Waals surface area contributed by atoms with Gasteiger partial charge in [0.2, 0.25) is 5.91 Å². The summed E-state index contributed by atoms with van der Waals surface area (Å²) in [5.41, 5.74) is 2.28. The molecule has 1 amide bonds. The second kappa shape index (κ2) is 7.89. The van der Waals surface area contributed by atoms with Gasteiger partial charge in [-0.15, -0.1) is 0 Å². The van der Waals surface area contributed by atoms with E-state index in [0.717, 1.165) is 50.1 Å². The molecule has 2 N–H and O–H groups in total. The Labute approximate surface area is 188 Å². The molecule has 7 heteroatoms. The van der Waals surface area contributed by atoms with Gasteiger partial charge in [0, 0.05) is 30.2 Å². The molecular weight excluding hydrogens is 400 g/mol. The number of likely N-dealkylation sites (tertiary alicyclic amines) is 1. The molecular formula is C25H30N6O. The van der Waals surface area contributed by atoms with Gasteiger partial charge < -0.3 is 10.6 Å². The maximum absolute atomic E-state index is 13.0. The fourth-order valence-electron chi connectivity index (χ4n) is 5.73. The molecule has 0 radical (unpaired) electrons. The quantitative estimate of drug-likeness (QED) is 0.603. The Hall–Kier alpha value is -2.93. The predicted octanol–water partition coefficient (Wildman–Crippen LogP) is 2.98. The normalized spacial score (nSPS) is 27.9. The summed E-state index contributed by atoms with van der Waals surface area (Å²) in [5, 5.41) is 11.2. The Morgan fingerprint density at radius 3 is 2.75 bits per heavy atom. The summed E-state index contributed by atoms with van der Waals surface area (Å²) in [6.45, 7) is 1.86. The zero-order chi connectivity index (χ0) is 21.5. The third kappa shape index (κ3) is 3.54. The lowest BCUT2D eigenvalue weighted by Gasteiger charge is -2.49. The minimum absolute atomic E-state index is 0.0143. The van der Waals surface area contributed by atoms with Crippen molar-refractivity contribution in [3.8, 4) is 0 Å². The molecule has 1 atom stereocenters. The summed E-state index contributed by atoms with van der Waals surface area (Å²) >= 11 is 0. The molecule has 2 aromatic heterocycles. The van der Waals surface area contributed by atoms with E-state index in [4.69, 9.17) is 0 Å². The summed E-state index contributed by atoms with van der Waals surface area (Å²) in [7, 11) is 0. The molecule has 3 aromatic rings. The topological polar surface area (TPSA) is 74.6 Å². The van der Waals surface area contributed by atoms with Crippen molar-refractivity contribution in [2.45, 2.75) is 62.1 Å². The van der Waals surface area contributed by atoms with Gasteiger partial charge in [-0.05, 0) is 62.8 Å². The highest BCUT2D eigenvalue weighted by Gasteiger charge is 2.47. The highest BCUT2D eigenvalue weighted by molar-refractivity contribution is 5.82. The molecule has 3 fully saturated rings. The van der Waals surface area contributed by atoms with Gasteiger partial charge in [-0.3, -0.25) is 9.69 Å². The van der Waals surface area contributed by atoms with Gasteiger partial charge in [-0.1, -0.05) is 30.3 Å². The number of carbonyl (C=O) groups is 1. The minimum atomic E-state index is -0.0143. The fourth-order valence-corrected chi connectivity index (χ4v) is 5.73. The Bertz CT molecular complexity index is 1100. The van der Waals surface area contributed by atoms with Gasteiger partial charge >= 0.3 is 0 Å². The third-order valence-electron chi connectivity index (χ3n) is 7.55. The number of nitrogens with one attached hydrogen (secondary N) is 2. The van der Waals surface area contributed by atoms with Crippen molar-refractivity contribution in [3.05, 3.63) is 60.6 Å². The maximum Gasteiger partial charge on any atom is 0.237 e. The average Bonchev–Trinajstić information content (AvgIpc) is 3.31. The van der Waals surface area contributed by atoms with Crippen molar-refractivity contribution in [1.82, 2.24) is 24.8 Å². The van der Waals surface area contributed by atoms with Crippen LogP contribution in [0.3, 0.4) is 0 Å². The molecule has 1 unspecified atom stereocenters. The smallest absolute Gasteiger partial charge is 0.237 e. The number of aromatic nitrogens is 3. The lowest BCUT2D eigenvalue weighted by atomic mass is 9.61. The van der Waals surface area contributed by atoms with Crippen molar-refractivity contribution in [1.29, 1.82) is 0 Å². The van der Waals surface area contributed by atoms with Crippen molar-refractivity contribution >= 4 is 17.2 Å². The van der Waals surface area contributed by atoms with E-state index in [-0.39, 0.29) is 23.4 Å². The number of anilines is 1. The SMILES string of the molecule is O=C(NC1CC(CNc2ncnn3cccc23)(c2ccccc2)C1)C1CCCN1C1CC1. The van der Waals surface area contributed by atoms with E-state index in [0.29, 0.717) is 6.04 Å². The number of carbonyl (C=O) groups excluding carboxylic acids is 1. The van der Waals surface area contributed by atoms with Crippen LogP contribution in [0.15, 0.2) is 55.0 Å². The van der Waals surface area contributed by atoms with Gasteiger partial charge in [-0.25, -0.2) is 9.50 Å². The number of rotatable bonds is 7. The summed E-state index contributed by atoms with van der Waals surface area (Å²) in [6.07, 6.45) is 10.1. The highest BCUT2D eigenvalue weighted by atomic mass is 16.2. The molecule has 0 spiro atoms. The lowest BCUT2D eigenvalue weighted by Crippen LogP contribution is -2.58. The van der Waals surface area contributed by atoms with Gasteiger partial charge in [0.15, 0.2) is 5.82 Å². The standard InChI is InChI=1S/C25H30N6O/c32-24(22-9-4-12-30(22)20-10-11-20)29-19-14-25(15-19,18-6-2-1-3-7-18)16-26-23-21-8-5-13-31(21)28-17-27-23/h1-3,5-8,13,17,19-20,22H,4,9-12,14-16H2,(H,29,32)(H,26,27,28). The Morgan fingerprint density at radius 1 is 1.09 bits per heavy atom. The number of amides is 1. The number of fused-ring (bicyclic) bond motifs is 1. The van der Waals surface area contributed by atoms with E-state index >= 15 is 0 Å². The zero-order valence-electron chi connectivity index (χ0n) is 18.3. The van der Waals surface area contributed by atoms with Crippen molar-refractivity contribution < 1.29 is 4.79 Å². The van der Waals surface area contributed by atoms with Crippen molar-refractivity contribution in [3.63, 3.8) is 0 Å². The van der Waals surface area contributed by atoms with Gasteiger partial charge in [0.1, 0.15) is 11.8 Å². The van der Waals surface area contributed by atoms with E-state index in [2.05, 4.69) is 55.9 Å². The predicted molar refractivity (Wildman–Crippen MR) is 124 cm³/mol. The summed E-state index contributed by atoms with van der Waals surface area (Å²) in [4.78, 5) is 20.0. The van der Waals surface area contributed by atoms with Crippen LogP contribution in [0.2, 0.25) is 0 Å². The van der Waals surface area contributed by atoms with E-state index in [1.165, 1.54) is 18.4 Å². The van der Waals surface area contributed by atoms with Crippen LogP contribution in [0.1, 0.15) is 44.1 Å². The molecule has 3 heterocycles. The lowest BCUT2D eigenvalue weighted by molar-refractivity contribution is -0.127. The molecule has 0 bridgehead atoms. The highest BCUT2D eigenvalue weighted by Crippen LogP contribution is 2.44. The molecule has 7 nitrogen and oxygen atoms in total. The Kier molecular flexibility index (Phi) is 4.86. The molecule has 2 aliphatic carbocycles. The van der Waals surface area contributed by atoms with E-state index < -0.39 is 0 Å². The van der Waals surface area contributed by atoms with Crippen molar-refractivity contribution in [2.75, 3.05) is 18.4 Å². The van der Waals surface area contributed by atoms with Crippen LogP contribution < -0.4 is 10.6 Å². The molecule has 32 heavy (non-hydrogen) atoms. The minimum Gasteiger partial charge on any atom is -0.367 e. The van der Waals surface area contributed by atoms with Gasteiger partial charge in [0.25, 0.3) is 0 Å². The zero-order valence-corrected chi connectivity index (χ0v) is 18.3. The maximum atomic E-state index is 13.0. The first-order valence-electron chi connectivity index (χ1n) is 11.9. The number of hydrogen-bond donors (Lipinski definition) is 2. The first-order valence-corrected chi connectivity index (χ1v) is 11.9. The molecule has 166 valence electrons. The average molecular weight is 431 g/mol. The number of hydrogen-bond acceptors (Lipinski definition) is 5. The summed E-state index contributed by atoms with van der Waals surface area (Å²) in [6, 6.07) is 15.6. The van der Waals surface area contributed by atoms with Gasteiger partial charge in [-0.2, -0.15) is 5.10 Å². The van der Waals surface area contributed by atoms with Crippen LogP contribution >= 0.6 is 0 Å². The van der Waals surface area contributed by atoms with Gasteiger partial charge in [0.05, 0.1) is 6.04 Å². The van der Waals surface area contributed by atoms with E-state index in [1.807, 2.05) is 22.8 Å². The van der Waals surface area contributed by atoms with Crippen LogP contribution in [0.4, 0.5) is 5.82 Å². The van der Waals surface area contributed by atoms with Crippen LogP contribution in [-0.2, 0) is 10.2 Å². The molecule has 1 saturated heterocycles. The second-order valence-electron chi connectivity index (χ2n) is 9.69. The van der Waals surface area contributed by atoms with E-state index in [1.54, 1.807) is 6.33 Å². The molecule has 3 aliphatic rings. The molecule has 1 aliphatic heterocycles. The largest absolute Gasteiger partial charge is 0.367 e. The monoisotopic (exact) mass is 430 g/mol. The fraction of sp³-hybridized carbons (Fsp3) is 0.480. The van der Waals surface area contributed by atoms with Crippen LogP contribution in [-0.4, -0.2) is 56.6 Å². The molecule has 2 saturated carbocycles. The van der Waals surface area contributed by atoms with Crippen LogP contribution in [0.5, 0.6) is 0 Å².